The van der Waals surface area contributed by atoms with E-state index >= 15 is 0 Å². The van der Waals surface area contributed by atoms with Crippen molar-refractivity contribution in [3.05, 3.63) is 0 Å². The van der Waals surface area contributed by atoms with E-state index in [-0.39, 0.29) is 5.91 Å². The zero-order chi connectivity index (χ0) is 11.8. The Hall–Kier alpha value is -1.10. The number of carbonyl (C=O) groups is 2. The first kappa shape index (κ1) is 13.9. The Balaban J connectivity index is 4.12. The Kier molecular flexibility index (Phi) is 6.70. The fraction of sp³-hybridized carbons (Fsp3) is 0.800. The zero-order valence-electron chi connectivity index (χ0n) is 9.79. The van der Waals surface area contributed by atoms with Crippen molar-refractivity contribution in [1.29, 1.82) is 0 Å². The predicted molar refractivity (Wildman–Crippen MR) is 57.4 cm³/mol. The second kappa shape index (κ2) is 7.23. The third-order valence-electron chi connectivity index (χ3n) is 2.15. The van der Waals surface area contributed by atoms with Gasteiger partial charge in [0.2, 0.25) is 5.91 Å². The molecule has 0 heterocycles. The van der Waals surface area contributed by atoms with Crippen molar-refractivity contribution in [2.75, 3.05) is 13.7 Å². The van der Waals surface area contributed by atoms with Crippen molar-refractivity contribution in [3.8, 4) is 0 Å². The number of carbonyl (C=O) groups excluding carboxylic acids is 2. The average Bonchev–Trinajstić information content (AvgIpc) is 2.21. The maximum absolute atomic E-state index is 11.3. The lowest BCUT2D eigenvalue weighted by Crippen LogP contribution is -2.48. The summed E-state index contributed by atoms with van der Waals surface area (Å²) in [6.45, 7) is 5.83. The smallest absolute Gasteiger partial charge is 0.329 e. The molecule has 0 bridgehead atoms. The zero-order valence-corrected chi connectivity index (χ0v) is 9.79. The van der Waals surface area contributed by atoms with E-state index in [2.05, 4.69) is 15.4 Å². The van der Waals surface area contributed by atoms with Crippen LogP contribution in [0.5, 0.6) is 0 Å². The van der Waals surface area contributed by atoms with Crippen LogP contribution in [0.4, 0.5) is 0 Å². The molecule has 0 radical (unpaired) electrons. The van der Waals surface area contributed by atoms with E-state index in [9.17, 15) is 9.59 Å². The first-order valence-corrected chi connectivity index (χ1v) is 5.09. The van der Waals surface area contributed by atoms with E-state index in [1.54, 1.807) is 0 Å². The Morgan fingerprint density at radius 2 is 2.00 bits per heavy atom. The van der Waals surface area contributed by atoms with Crippen molar-refractivity contribution in [2.24, 2.45) is 0 Å². The molecule has 0 aliphatic carbocycles. The second-order valence-corrected chi connectivity index (χ2v) is 3.49. The first-order chi connectivity index (χ1) is 7.01. The number of hydrogen-bond acceptors (Lipinski definition) is 4. The van der Waals surface area contributed by atoms with Crippen LogP contribution in [0.1, 0.15) is 27.2 Å². The molecule has 0 spiro atoms. The lowest BCUT2D eigenvalue weighted by molar-refractivity contribution is -0.144. The van der Waals surface area contributed by atoms with Gasteiger partial charge in [0, 0.05) is 19.5 Å². The number of ether oxygens (including phenoxy) is 1. The van der Waals surface area contributed by atoms with Crippen LogP contribution in [-0.2, 0) is 14.3 Å². The largest absolute Gasteiger partial charge is 0.467 e. The normalized spacial score (nSPS) is 14.1. The van der Waals surface area contributed by atoms with Gasteiger partial charge in [-0.25, -0.2) is 4.79 Å². The van der Waals surface area contributed by atoms with Gasteiger partial charge in [0.25, 0.3) is 0 Å². The standard InChI is InChI=1S/C10H20N2O3/c1-5-7(2)11-6-9(10(14)15-4)12-8(3)13/h7,9,11H,5-6H2,1-4H3,(H,12,13). The predicted octanol–water partition coefficient (Wildman–Crippen LogP) is 0.0522. The molecule has 0 aromatic carbocycles. The van der Waals surface area contributed by atoms with Crippen LogP contribution in [-0.4, -0.2) is 37.6 Å². The number of nitrogens with one attached hydrogen (secondary N) is 2. The second-order valence-electron chi connectivity index (χ2n) is 3.49. The Morgan fingerprint density at radius 1 is 1.40 bits per heavy atom. The van der Waals surface area contributed by atoms with Gasteiger partial charge in [0.15, 0.2) is 0 Å². The van der Waals surface area contributed by atoms with Gasteiger partial charge in [-0.3, -0.25) is 4.79 Å². The summed E-state index contributed by atoms with van der Waals surface area (Å²) < 4.78 is 4.59. The van der Waals surface area contributed by atoms with E-state index in [1.165, 1.54) is 14.0 Å². The van der Waals surface area contributed by atoms with Gasteiger partial charge in [-0.05, 0) is 13.3 Å². The molecule has 88 valence electrons. The van der Waals surface area contributed by atoms with E-state index in [0.717, 1.165) is 6.42 Å². The van der Waals surface area contributed by atoms with Gasteiger partial charge in [0.1, 0.15) is 6.04 Å². The maximum Gasteiger partial charge on any atom is 0.329 e. The molecule has 0 rings (SSSR count). The number of esters is 1. The minimum Gasteiger partial charge on any atom is -0.467 e. The lowest BCUT2D eigenvalue weighted by atomic mass is 10.2. The number of methoxy groups -OCH3 is 1. The van der Waals surface area contributed by atoms with Gasteiger partial charge in [-0.1, -0.05) is 6.92 Å². The molecule has 2 N–H and O–H groups in total. The SMILES string of the molecule is CCC(C)NCC(NC(C)=O)C(=O)OC. The summed E-state index contributed by atoms with van der Waals surface area (Å²) >= 11 is 0. The summed E-state index contributed by atoms with van der Waals surface area (Å²) in [5, 5.41) is 5.67. The number of hydrogen-bond donors (Lipinski definition) is 2. The summed E-state index contributed by atoms with van der Waals surface area (Å²) in [4.78, 5) is 22.1. The van der Waals surface area contributed by atoms with E-state index in [0.29, 0.717) is 12.6 Å². The molecule has 2 atom stereocenters. The molecule has 5 heteroatoms. The average molecular weight is 216 g/mol. The molecule has 0 saturated heterocycles. The fourth-order valence-electron chi connectivity index (χ4n) is 1.04. The first-order valence-electron chi connectivity index (χ1n) is 5.09. The fourth-order valence-corrected chi connectivity index (χ4v) is 1.04. The highest BCUT2D eigenvalue weighted by atomic mass is 16.5. The number of rotatable bonds is 6. The molecule has 0 saturated carbocycles. The Bertz CT molecular complexity index is 219. The van der Waals surface area contributed by atoms with E-state index in [4.69, 9.17) is 0 Å². The summed E-state index contributed by atoms with van der Waals surface area (Å²) in [6.07, 6.45) is 0.966. The minimum absolute atomic E-state index is 0.239. The molecule has 0 aliphatic rings. The lowest BCUT2D eigenvalue weighted by Gasteiger charge is -2.18. The molecule has 2 unspecified atom stereocenters. The summed E-state index contributed by atoms with van der Waals surface area (Å²) in [6, 6.07) is -0.299. The van der Waals surface area contributed by atoms with Gasteiger partial charge < -0.3 is 15.4 Å². The Labute approximate surface area is 90.6 Å². The highest BCUT2D eigenvalue weighted by Gasteiger charge is 2.19. The van der Waals surface area contributed by atoms with Crippen molar-refractivity contribution in [3.63, 3.8) is 0 Å². The number of amides is 1. The summed E-state index contributed by atoms with van der Waals surface area (Å²) in [5.41, 5.74) is 0. The van der Waals surface area contributed by atoms with Crippen molar-refractivity contribution in [1.82, 2.24) is 10.6 Å². The van der Waals surface area contributed by atoms with Gasteiger partial charge in [0.05, 0.1) is 7.11 Å². The molecule has 0 aromatic rings. The van der Waals surface area contributed by atoms with Gasteiger partial charge >= 0.3 is 5.97 Å². The van der Waals surface area contributed by atoms with E-state index in [1.807, 2.05) is 13.8 Å². The van der Waals surface area contributed by atoms with Crippen LogP contribution in [0.15, 0.2) is 0 Å². The molecule has 0 fully saturated rings. The van der Waals surface area contributed by atoms with Crippen molar-refractivity contribution < 1.29 is 14.3 Å². The highest BCUT2D eigenvalue weighted by molar-refractivity contribution is 5.83. The van der Waals surface area contributed by atoms with Gasteiger partial charge in [-0.2, -0.15) is 0 Å². The molecular formula is C10H20N2O3. The molecule has 0 aliphatic heterocycles. The summed E-state index contributed by atoms with van der Waals surface area (Å²) in [7, 11) is 1.31. The molecule has 1 amide bonds. The van der Waals surface area contributed by atoms with Crippen LogP contribution in [0.2, 0.25) is 0 Å². The molecule has 15 heavy (non-hydrogen) atoms. The molecular weight excluding hydrogens is 196 g/mol. The molecule has 0 aromatic heterocycles. The van der Waals surface area contributed by atoms with Crippen LogP contribution in [0, 0.1) is 0 Å². The van der Waals surface area contributed by atoms with Crippen LogP contribution < -0.4 is 10.6 Å². The third kappa shape index (κ3) is 6.06. The van der Waals surface area contributed by atoms with Crippen molar-refractivity contribution in [2.45, 2.75) is 39.3 Å². The van der Waals surface area contributed by atoms with Gasteiger partial charge in [-0.15, -0.1) is 0 Å². The van der Waals surface area contributed by atoms with Crippen molar-refractivity contribution >= 4 is 11.9 Å². The highest BCUT2D eigenvalue weighted by Crippen LogP contribution is 1.91. The molecule has 5 nitrogen and oxygen atoms in total. The maximum atomic E-state index is 11.3. The summed E-state index contributed by atoms with van der Waals surface area (Å²) in [5.74, 6) is -0.669. The monoisotopic (exact) mass is 216 g/mol. The topological polar surface area (TPSA) is 67.4 Å². The quantitative estimate of drug-likeness (QED) is 0.616. The van der Waals surface area contributed by atoms with E-state index < -0.39 is 12.0 Å². The minimum atomic E-state index is -0.610. The van der Waals surface area contributed by atoms with Crippen LogP contribution in [0.25, 0.3) is 0 Å². The Morgan fingerprint density at radius 3 is 2.40 bits per heavy atom. The third-order valence-corrected chi connectivity index (χ3v) is 2.15. The van der Waals surface area contributed by atoms with Crippen LogP contribution in [0.3, 0.4) is 0 Å². The van der Waals surface area contributed by atoms with Crippen LogP contribution >= 0.6 is 0 Å².